The number of fused-ring (bicyclic) bond motifs is 1. The number of imidazole rings is 1. The summed E-state index contributed by atoms with van der Waals surface area (Å²) >= 11 is 0. The van der Waals surface area contributed by atoms with Gasteiger partial charge in [-0.25, -0.2) is 15.0 Å². The molecule has 2 N–H and O–H groups in total. The fourth-order valence-electron chi connectivity index (χ4n) is 2.95. The van der Waals surface area contributed by atoms with Crippen molar-refractivity contribution in [2.75, 3.05) is 11.9 Å². The first kappa shape index (κ1) is 17.1. The van der Waals surface area contributed by atoms with Crippen molar-refractivity contribution in [2.45, 2.75) is 33.2 Å². The van der Waals surface area contributed by atoms with E-state index in [4.69, 9.17) is 9.97 Å². The molecule has 0 atom stereocenters. The molecule has 4 aromatic heterocycles. The number of H-pyrrole nitrogens is 1. The highest BCUT2D eigenvalue weighted by Crippen LogP contribution is 2.25. The van der Waals surface area contributed by atoms with E-state index in [1.54, 1.807) is 12.4 Å². The smallest absolute Gasteiger partial charge is 0.166 e. The molecule has 0 aliphatic rings. The Morgan fingerprint density at radius 2 is 2.15 bits per heavy atom. The van der Waals surface area contributed by atoms with Gasteiger partial charge in [-0.3, -0.25) is 10.1 Å². The summed E-state index contributed by atoms with van der Waals surface area (Å²) in [6.45, 7) is 6.92. The number of nitrogens with one attached hydrogen (secondary N) is 2. The zero-order valence-corrected chi connectivity index (χ0v) is 15.6. The summed E-state index contributed by atoms with van der Waals surface area (Å²) in [4.78, 5) is 18.2. The molecule has 0 aliphatic heterocycles. The molecule has 4 aromatic rings. The highest BCUT2D eigenvalue weighted by Gasteiger charge is 2.15. The Hall–Kier alpha value is -3.29. The summed E-state index contributed by atoms with van der Waals surface area (Å²) < 4.78 is 2.05. The predicted molar refractivity (Wildman–Crippen MR) is 104 cm³/mol. The topological polar surface area (TPSA) is 97.2 Å². The fraction of sp³-hybridized carbons (Fsp3) is 0.316. The van der Waals surface area contributed by atoms with Crippen LogP contribution >= 0.6 is 0 Å². The molecule has 0 saturated carbocycles. The van der Waals surface area contributed by atoms with Crippen molar-refractivity contribution >= 4 is 17.0 Å². The Labute approximate surface area is 157 Å². The third-order valence-corrected chi connectivity index (χ3v) is 4.33. The van der Waals surface area contributed by atoms with Gasteiger partial charge in [-0.15, -0.1) is 0 Å². The standard InChI is InChI=1S/C19H22N8/c1-12(2)27-11-22-16-18(21-8-6-15-9-13(3)25-26-15)23-17(24-19(16)27)14-5-4-7-20-10-14/h4-5,7,9-12H,6,8H2,1-3H3,(H,25,26)(H,21,23,24). The van der Waals surface area contributed by atoms with E-state index in [0.717, 1.165) is 40.4 Å². The molecule has 0 bridgehead atoms. The number of nitrogens with zero attached hydrogens (tertiary/aromatic N) is 6. The molecule has 0 amide bonds. The molecule has 0 saturated heterocycles. The molecule has 0 unspecified atom stereocenters. The maximum atomic E-state index is 4.75. The number of rotatable bonds is 6. The van der Waals surface area contributed by atoms with Crippen LogP contribution < -0.4 is 5.32 Å². The van der Waals surface area contributed by atoms with Crippen molar-refractivity contribution in [2.24, 2.45) is 0 Å². The summed E-state index contributed by atoms with van der Waals surface area (Å²) in [6, 6.07) is 6.15. The maximum absolute atomic E-state index is 4.75. The van der Waals surface area contributed by atoms with E-state index in [1.807, 2.05) is 31.5 Å². The van der Waals surface area contributed by atoms with Crippen LogP contribution in [0.2, 0.25) is 0 Å². The largest absolute Gasteiger partial charge is 0.368 e. The quantitative estimate of drug-likeness (QED) is 0.547. The summed E-state index contributed by atoms with van der Waals surface area (Å²) in [5.41, 5.74) is 4.54. The van der Waals surface area contributed by atoms with Crippen LogP contribution in [0.5, 0.6) is 0 Å². The Bertz CT molecular complexity index is 1050. The van der Waals surface area contributed by atoms with Gasteiger partial charge in [0.1, 0.15) is 5.52 Å². The number of hydrogen-bond acceptors (Lipinski definition) is 6. The second-order valence-corrected chi connectivity index (χ2v) is 6.77. The molecule has 0 radical (unpaired) electrons. The average molecular weight is 362 g/mol. The zero-order chi connectivity index (χ0) is 18.8. The van der Waals surface area contributed by atoms with Crippen molar-refractivity contribution < 1.29 is 0 Å². The van der Waals surface area contributed by atoms with Gasteiger partial charge in [-0.2, -0.15) is 5.10 Å². The Kier molecular flexibility index (Phi) is 4.53. The lowest BCUT2D eigenvalue weighted by molar-refractivity contribution is 0.613. The monoisotopic (exact) mass is 362 g/mol. The van der Waals surface area contributed by atoms with Gasteiger partial charge in [0.05, 0.1) is 12.0 Å². The van der Waals surface area contributed by atoms with Gasteiger partial charge in [-0.1, -0.05) is 0 Å². The molecule has 4 heterocycles. The number of pyridine rings is 1. The molecular formula is C19H22N8. The van der Waals surface area contributed by atoms with E-state index in [0.29, 0.717) is 12.4 Å². The summed E-state index contributed by atoms with van der Waals surface area (Å²) in [5, 5.41) is 10.6. The minimum absolute atomic E-state index is 0.256. The second kappa shape index (κ2) is 7.14. The first-order valence-electron chi connectivity index (χ1n) is 9.01. The van der Waals surface area contributed by atoms with Gasteiger partial charge >= 0.3 is 0 Å². The van der Waals surface area contributed by atoms with E-state index in [1.165, 1.54) is 0 Å². The first-order chi connectivity index (χ1) is 13.1. The Balaban J connectivity index is 1.69. The van der Waals surface area contributed by atoms with Crippen molar-refractivity contribution in [3.8, 4) is 11.4 Å². The molecule has 138 valence electrons. The predicted octanol–water partition coefficient (Wildman–Crippen LogP) is 3.16. The molecule has 0 spiro atoms. The van der Waals surface area contributed by atoms with E-state index >= 15 is 0 Å². The third-order valence-electron chi connectivity index (χ3n) is 4.33. The second-order valence-electron chi connectivity index (χ2n) is 6.77. The number of hydrogen-bond donors (Lipinski definition) is 2. The van der Waals surface area contributed by atoms with Crippen LogP contribution in [0.4, 0.5) is 5.82 Å². The normalized spacial score (nSPS) is 11.4. The number of anilines is 1. The molecule has 8 nitrogen and oxygen atoms in total. The van der Waals surface area contributed by atoms with E-state index in [-0.39, 0.29) is 6.04 Å². The van der Waals surface area contributed by atoms with Crippen LogP contribution in [-0.4, -0.2) is 41.2 Å². The van der Waals surface area contributed by atoms with E-state index in [9.17, 15) is 0 Å². The summed E-state index contributed by atoms with van der Waals surface area (Å²) in [7, 11) is 0. The van der Waals surface area contributed by atoms with Gasteiger partial charge in [-0.05, 0) is 39.0 Å². The molecule has 0 aliphatic carbocycles. The summed E-state index contributed by atoms with van der Waals surface area (Å²) in [6.07, 6.45) is 6.13. The van der Waals surface area contributed by atoms with Crippen LogP contribution in [0.15, 0.2) is 36.9 Å². The first-order valence-corrected chi connectivity index (χ1v) is 9.01. The Morgan fingerprint density at radius 1 is 1.26 bits per heavy atom. The molecule has 27 heavy (non-hydrogen) atoms. The van der Waals surface area contributed by atoms with E-state index < -0.39 is 0 Å². The molecule has 8 heteroatoms. The summed E-state index contributed by atoms with van der Waals surface area (Å²) in [5.74, 6) is 1.36. The van der Waals surface area contributed by atoms with Gasteiger partial charge in [0.25, 0.3) is 0 Å². The van der Waals surface area contributed by atoms with Crippen LogP contribution in [-0.2, 0) is 6.42 Å². The van der Waals surface area contributed by atoms with Crippen molar-refractivity contribution in [1.29, 1.82) is 0 Å². The number of aromatic amines is 1. The lowest BCUT2D eigenvalue weighted by atomic mass is 10.2. The van der Waals surface area contributed by atoms with Crippen molar-refractivity contribution in [1.82, 2.24) is 34.7 Å². The Morgan fingerprint density at radius 3 is 2.85 bits per heavy atom. The van der Waals surface area contributed by atoms with E-state index in [2.05, 4.69) is 43.9 Å². The highest BCUT2D eigenvalue weighted by atomic mass is 15.2. The van der Waals surface area contributed by atoms with Gasteiger partial charge in [0, 0.05) is 42.7 Å². The van der Waals surface area contributed by atoms with Crippen molar-refractivity contribution in [3.05, 3.63) is 48.3 Å². The lowest BCUT2D eigenvalue weighted by Crippen LogP contribution is -2.09. The van der Waals surface area contributed by atoms with Crippen LogP contribution in [0.3, 0.4) is 0 Å². The highest BCUT2D eigenvalue weighted by molar-refractivity contribution is 5.85. The molecule has 0 aromatic carbocycles. The zero-order valence-electron chi connectivity index (χ0n) is 15.6. The molecule has 0 fully saturated rings. The number of aromatic nitrogens is 7. The van der Waals surface area contributed by atoms with Crippen LogP contribution in [0, 0.1) is 6.92 Å². The number of aryl methyl sites for hydroxylation is 1. The third kappa shape index (κ3) is 3.51. The average Bonchev–Trinajstić information content (AvgIpc) is 3.28. The van der Waals surface area contributed by atoms with Crippen LogP contribution in [0.25, 0.3) is 22.6 Å². The minimum atomic E-state index is 0.256. The SMILES string of the molecule is Cc1cc(CCNc2nc(-c3cccnc3)nc3c2ncn3C(C)C)n[nH]1. The maximum Gasteiger partial charge on any atom is 0.166 e. The fourth-order valence-corrected chi connectivity index (χ4v) is 2.95. The van der Waals surface area contributed by atoms with Crippen molar-refractivity contribution in [3.63, 3.8) is 0 Å². The lowest BCUT2D eigenvalue weighted by Gasteiger charge is -2.11. The van der Waals surface area contributed by atoms with Gasteiger partial charge in [0.2, 0.25) is 0 Å². The molecule has 4 rings (SSSR count). The molecular weight excluding hydrogens is 340 g/mol. The minimum Gasteiger partial charge on any atom is -0.368 e. The van der Waals surface area contributed by atoms with Crippen LogP contribution in [0.1, 0.15) is 31.3 Å². The van der Waals surface area contributed by atoms with Gasteiger partial charge in [0.15, 0.2) is 17.3 Å². The van der Waals surface area contributed by atoms with Gasteiger partial charge < -0.3 is 9.88 Å².